The molecule has 3 aromatic rings. The van der Waals surface area contributed by atoms with Gasteiger partial charge in [0.2, 0.25) is 5.91 Å². The summed E-state index contributed by atoms with van der Waals surface area (Å²) in [6, 6.07) is 7.52. The molecule has 162 valence electrons. The number of ether oxygens (including phenoxy) is 1. The van der Waals surface area contributed by atoms with Gasteiger partial charge >= 0.3 is 5.97 Å². The topological polar surface area (TPSA) is 88.6 Å². The first-order valence-corrected chi connectivity index (χ1v) is 11.5. The van der Waals surface area contributed by atoms with Crippen molar-refractivity contribution in [3.8, 4) is 0 Å². The highest BCUT2D eigenvalue weighted by Crippen LogP contribution is 2.30. The van der Waals surface area contributed by atoms with Crippen LogP contribution < -0.4 is 10.2 Å². The lowest BCUT2D eigenvalue weighted by molar-refractivity contribution is -0.144. The summed E-state index contributed by atoms with van der Waals surface area (Å²) in [6.45, 7) is 5.70. The molecule has 9 heteroatoms. The van der Waals surface area contributed by atoms with Crippen LogP contribution >= 0.6 is 22.7 Å². The number of rotatable bonds is 8. The molecule has 0 aliphatic heterocycles. The first-order chi connectivity index (χ1) is 14.8. The van der Waals surface area contributed by atoms with E-state index in [1.54, 1.807) is 21.7 Å². The second-order valence-corrected chi connectivity index (χ2v) is 8.54. The van der Waals surface area contributed by atoms with Crippen LogP contribution in [0.3, 0.4) is 0 Å². The molecule has 2 heterocycles. The zero-order valence-corrected chi connectivity index (χ0v) is 19.1. The highest BCUT2D eigenvalue weighted by molar-refractivity contribution is 7.14. The number of hydrogen-bond donors (Lipinski definition) is 1. The number of anilines is 2. The molecule has 0 unspecified atom stereocenters. The van der Waals surface area contributed by atoms with E-state index >= 15 is 0 Å². The van der Waals surface area contributed by atoms with Crippen LogP contribution in [0.25, 0.3) is 0 Å². The van der Waals surface area contributed by atoms with Gasteiger partial charge in [0.05, 0.1) is 17.8 Å². The van der Waals surface area contributed by atoms with Crippen molar-refractivity contribution in [1.29, 1.82) is 0 Å². The summed E-state index contributed by atoms with van der Waals surface area (Å²) in [6.07, 6.45) is 0.0646. The second kappa shape index (κ2) is 10.3. The largest absolute Gasteiger partial charge is 0.459 e. The average Bonchev–Trinajstić information content (AvgIpc) is 3.41. The third-order valence-corrected chi connectivity index (χ3v) is 6.13. The zero-order chi connectivity index (χ0) is 22.4. The second-order valence-electron chi connectivity index (χ2n) is 6.92. The summed E-state index contributed by atoms with van der Waals surface area (Å²) in [5.74, 6) is -0.797. The molecule has 0 radical (unpaired) electrons. The molecule has 31 heavy (non-hydrogen) atoms. The van der Waals surface area contributed by atoms with Crippen molar-refractivity contribution in [1.82, 2.24) is 10.3 Å². The number of hydrogen-bond acceptors (Lipinski definition) is 7. The molecule has 0 aliphatic rings. The number of benzene rings is 1. The van der Waals surface area contributed by atoms with Gasteiger partial charge in [0, 0.05) is 29.8 Å². The Morgan fingerprint density at radius 2 is 1.94 bits per heavy atom. The number of thiophene rings is 1. The van der Waals surface area contributed by atoms with Crippen LogP contribution in [-0.4, -0.2) is 29.3 Å². The number of carbonyl (C=O) groups excluding carboxylic acids is 3. The maximum absolute atomic E-state index is 12.2. The number of amides is 2. The molecule has 3 rings (SSSR count). The van der Waals surface area contributed by atoms with E-state index in [-0.39, 0.29) is 31.4 Å². The molecular weight excluding hydrogens is 434 g/mol. The fraction of sp³-hybridized carbons (Fsp3) is 0.273. The summed E-state index contributed by atoms with van der Waals surface area (Å²) in [7, 11) is 0. The monoisotopic (exact) mass is 457 g/mol. The normalized spacial score (nSPS) is 10.5. The summed E-state index contributed by atoms with van der Waals surface area (Å²) in [5.41, 5.74) is 4.11. The van der Waals surface area contributed by atoms with Crippen LogP contribution in [0.5, 0.6) is 0 Å². The summed E-state index contributed by atoms with van der Waals surface area (Å²) < 4.78 is 5.25. The van der Waals surface area contributed by atoms with Crippen molar-refractivity contribution in [2.24, 2.45) is 0 Å². The molecule has 2 aromatic heterocycles. The van der Waals surface area contributed by atoms with Crippen molar-refractivity contribution >= 4 is 51.3 Å². The third-order valence-electron chi connectivity index (χ3n) is 4.57. The Kier molecular flexibility index (Phi) is 7.54. The minimum absolute atomic E-state index is 0.00643. The van der Waals surface area contributed by atoms with E-state index in [0.717, 1.165) is 16.8 Å². The SMILES string of the molecule is CC(=O)N(c1ccc(C)c(C)c1)c1nc(COC(=O)CCNC(=O)c2ccsc2)cs1. The maximum Gasteiger partial charge on any atom is 0.307 e. The highest BCUT2D eigenvalue weighted by Gasteiger charge is 2.19. The summed E-state index contributed by atoms with van der Waals surface area (Å²) in [4.78, 5) is 42.1. The Hall–Kier alpha value is -3.04. The van der Waals surface area contributed by atoms with E-state index in [2.05, 4.69) is 10.3 Å². The van der Waals surface area contributed by atoms with Crippen molar-refractivity contribution in [2.75, 3.05) is 11.4 Å². The molecule has 0 aliphatic carbocycles. The first-order valence-electron chi connectivity index (χ1n) is 9.63. The molecule has 1 aromatic carbocycles. The number of esters is 1. The van der Waals surface area contributed by atoms with Crippen LogP contribution in [0.1, 0.15) is 40.5 Å². The molecule has 0 fully saturated rings. The molecule has 0 saturated heterocycles. The van der Waals surface area contributed by atoms with Crippen LogP contribution in [0, 0.1) is 13.8 Å². The van der Waals surface area contributed by atoms with E-state index in [1.807, 2.05) is 37.4 Å². The van der Waals surface area contributed by atoms with Crippen molar-refractivity contribution < 1.29 is 19.1 Å². The van der Waals surface area contributed by atoms with E-state index in [0.29, 0.717) is 16.4 Å². The van der Waals surface area contributed by atoms with Gasteiger partial charge in [0.15, 0.2) is 5.13 Å². The summed E-state index contributed by atoms with van der Waals surface area (Å²) >= 11 is 2.75. The minimum atomic E-state index is -0.433. The Morgan fingerprint density at radius 3 is 2.61 bits per heavy atom. The van der Waals surface area contributed by atoms with Crippen LogP contribution in [0.4, 0.5) is 10.8 Å². The van der Waals surface area contributed by atoms with Gasteiger partial charge in [-0.05, 0) is 48.6 Å². The number of thiazole rings is 1. The van der Waals surface area contributed by atoms with Crippen molar-refractivity contribution in [3.05, 3.63) is 62.8 Å². The Balaban J connectivity index is 1.53. The van der Waals surface area contributed by atoms with Crippen LogP contribution in [0.15, 0.2) is 40.4 Å². The Labute approximate surface area is 188 Å². The van der Waals surface area contributed by atoms with Gasteiger partial charge in [0.25, 0.3) is 5.91 Å². The predicted octanol–water partition coefficient (Wildman–Crippen LogP) is 4.37. The minimum Gasteiger partial charge on any atom is -0.459 e. The van der Waals surface area contributed by atoms with Gasteiger partial charge in [-0.3, -0.25) is 19.3 Å². The van der Waals surface area contributed by atoms with Crippen molar-refractivity contribution in [3.63, 3.8) is 0 Å². The molecule has 0 bridgehead atoms. The smallest absolute Gasteiger partial charge is 0.307 e. The molecule has 0 spiro atoms. The van der Waals surface area contributed by atoms with E-state index < -0.39 is 5.97 Å². The zero-order valence-electron chi connectivity index (χ0n) is 17.5. The molecule has 0 atom stereocenters. The Bertz CT molecular complexity index is 1080. The standard InChI is InChI=1S/C22H23N3O4S2/c1-14-4-5-19(10-15(14)2)25(16(3)26)22-24-18(13-31-22)11-29-20(27)6-8-23-21(28)17-7-9-30-12-17/h4-5,7,9-10,12-13H,6,8,11H2,1-3H3,(H,23,28). The number of nitrogens with zero attached hydrogens (tertiary/aromatic N) is 2. The fourth-order valence-electron chi connectivity index (χ4n) is 2.76. The number of aromatic nitrogens is 1. The van der Waals surface area contributed by atoms with Crippen LogP contribution in [0.2, 0.25) is 0 Å². The van der Waals surface area contributed by atoms with Gasteiger partial charge in [-0.2, -0.15) is 11.3 Å². The maximum atomic E-state index is 12.2. The highest BCUT2D eigenvalue weighted by atomic mass is 32.1. The lowest BCUT2D eigenvalue weighted by Crippen LogP contribution is -2.26. The molecule has 7 nitrogen and oxygen atoms in total. The van der Waals surface area contributed by atoms with E-state index in [9.17, 15) is 14.4 Å². The lowest BCUT2D eigenvalue weighted by Gasteiger charge is -2.19. The first kappa shape index (κ1) is 22.6. The van der Waals surface area contributed by atoms with Gasteiger partial charge < -0.3 is 10.1 Å². The van der Waals surface area contributed by atoms with Crippen molar-refractivity contribution in [2.45, 2.75) is 33.8 Å². The quantitative estimate of drug-likeness (QED) is 0.508. The number of nitrogens with one attached hydrogen (secondary N) is 1. The number of aryl methyl sites for hydroxylation is 2. The van der Waals surface area contributed by atoms with Gasteiger partial charge in [-0.1, -0.05) is 6.07 Å². The van der Waals surface area contributed by atoms with E-state index in [1.165, 1.54) is 29.6 Å². The molecule has 0 saturated carbocycles. The fourth-order valence-corrected chi connectivity index (χ4v) is 4.26. The van der Waals surface area contributed by atoms with Gasteiger partial charge in [-0.25, -0.2) is 4.98 Å². The third kappa shape index (κ3) is 5.99. The van der Waals surface area contributed by atoms with Crippen LogP contribution in [-0.2, 0) is 20.9 Å². The van der Waals surface area contributed by atoms with Gasteiger partial charge in [0.1, 0.15) is 6.61 Å². The number of carbonyl (C=O) groups is 3. The van der Waals surface area contributed by atoms with Gasteiger partial charge in [-0.15, -0.1) is 11.3 Å². The molecular formula is C22H23N3O4S2. The van der Waals surface area contributed by atoms with E-state index in [4.69, 9.17) is 4.74 Å². The lowest BCUT2D eigenvalue weighted by atomic mass is 10.1. The predicted molar refractivity (Wildman–Crippen MR) is 122 cm³/mol. The average molecular weight is 458 g/mol. The molecule has 1 N–H and O–H groups in total. The molecule has 2 amide bonds. The summed E-state index contributed by atoms with van der Waals surface area (Å²) in [5, 5.41) is 8.53. The Morgan fingerprint density at radius 1 is 1.13 bits per heavy atom.